The fourth-order valence-electron chi connectivity index (χ4n) is 2.15. The maximum absolute atomic E-state index is 5.35. The number of hydrogen-bond acceptors (Lipinski definition) is 4. The maximum atomic E-state index is 5.35. The number of halogens is 1. The number of likely N-dealkylation sites (N-methyl/N-ethyl adjacent to an activating group) is 1. The normalized spacial score (nSPS) is 18.3. The zero-order valence-electron chi connectivity index (χ0n) is 11.0. The van der Waals surface area contributed by atoms with Gasteiger partial charge in [-0.15, -0.1) is 0 Å². The van der Waals surface area contributed by atoms with Crippen LogP contribution < -0.4 is 5.32 Å². The molecule has 0 amide bonds. The predicted octanol–water partition coefficient (Wildman–Crippen LogP) is 1.77. The largest absolute Gasteiger partial charge is 0.467 e. The zero-order valence-corrected chi connectivity index (χ0v) is 12.6. The van der Waals surface area contributed by atoms with Crippen LogP contribution in [0.15, 0.2) is 21.2 Å². The molecule has 1 fully saturated rings. The third-order valence-electron chi connectivity index (χ3n) is 3.40. The van der Waals surface area contributed by atoms with Crippen molar-refractivity contribution in [1.82, 2.24) is 15.1 Å². The zero-order chi connectivity index (χ0) is 12.8. The second-order valence-electron chi connectivity index (χ2n) is 4.87. The Labute approximate surface area is 117 Å². The van der Waals surface area contributed by atoms with Crippen LogP contribution in [0.2, 0.25) is 0 Å². The van der Waals surface area contributed by atoms with Crippen molar-refractivity contribution in [2.45, 2.75) is 13.0 Å². The highest BCUT2D eigenvalue weighted by atomic mass is 79.9. The Morgan fingerprint density at radius 1 is 1.33 bits per heavy atom. The molecule has 0 atom stereocenters. The van der Waals surface area contributed by atoms with Crippen LogP contribution in [0, 0.1) is 0 Å². The van der Waals surface area contributed by atoms with Gasteiger partial charge in [0, 0.05) is 26.2 Å². The van der Waals surface area contributed by atoms with Crippen LogP contribution >= 0.6 is 15.9 Å². The predicted molar refractivity (Wildman–Crippen MR) is 76.7 cm³/mol. The van der Waals surface area contributed by atoms with E-state index in [9.17, 15) is 0 Å². The first-order chi connectivity index (χ1) is 8.75. The Bertz CT molecular complexity index is 348. The lowest BCUT2D eigenvalue weighted by Gasteiger charge is -2.32. The van der Waals surface area contributed by atoms with E-state index in [4.69, 9.17) is 4.42 Å². The van der Waals surface area contributed by atoms with E-state index in [1.165, 1.54) is 39.1 Å². The van der Waals surface area contributed by atoms with E-state index in [0.717, 1.165) is 23.3 Å². The monoisotopic (exact) mass is 315 g/mol. The van der Waals surface area contributed by atoms with E-state index >= 15 is 0 Å². The minimum atomic E-state index is 0.802. The maximum Gasteiger partial charge on any atom is 0.131 e. The van der Waals surface area contributed by atoms with Crippen molar-refractivity contribution in [1.29, 1.82) is 0 Å². The number of nitrogens with zero attached hydrogens (tertiary/aromatic N) is 2. The van der Waals surface area contributed by atoms with Gasteiger partial charge in [-0.1, -0.05) is 0 Å². The fourth-order valence-corrected chi connectivity index (χ4v) is 2.49. The van der Waals surface area contributed by atoms with E-state index in [1.54, 1.807) is 6.26 Å². The molecule has 4 nitrogen and oxygen atoms in total. The van der Waals surface area contributed by atoms with Crippen molar-refractivity contribution < 1.29 is 4.42 Å². The highest BCUT2D eigenvalue weighted by Gasteiger charge is 2.12. The lowest BCUT2D eigenvalue weighted by Crippen LogP contribution is -2.45. The van der Waals surface area contributed by atoms with Crippen LogP contribution in [-0.2, 0) is 6.54 Å². The molecular weight excluding hydrogens is 294 g/mol. The smallest absolute Gasteiger partial charge is 0.131 e. The van der Waals surface area contributed by atoms with Gasteiger partial charge in [-0.3, -0.25) is 0 Å². The summed E-state index contributed by atoms with van der Waals surface area (Å²) in [6, 6.07) is 1.93. The first-order valence-electron chi connectivity index (χ1n) is 6.59. The quantitative estimate of drug-likeness (QED) is 0.811. The average Bonchev–Trinajstić information content (AvgIpc) is 2.77. The molecule has 1 N–H and O–H groups in total. The molecule has 0 saturated carbocycles. The molecule has 1 aliphatic rings. The Balaban J connectivity index is 1.53. The summed E-state index contributed by atoms with van der Waals surface area (Å²) in [6.45, 7) is 7.86. The molecule has 0 aliphatic carbocycles. The number of hydrogen-bond donors (Lipinski definition) is 1. The van der Waals surface area contributed by atoms with Crippen molar-refractivity contribution >= 4 is 15.9 Å². The second-order valence-corrected chi connectivity index (χ2v) is 5.72. The minimum absolute atomic E-state index is 0.802. The summed E-state index contributed by atoms with van der Waals surface area (Å²) in [7, 11) is 2.19. The topological polar surface area (TPSA) is 31.6 Å². The van der Waals surface area contributed by atoms with E-state index in [0.29, 0.717) is 0 Å². The summed E-state index contributed by atoms with van der Waals surface area (Å²) in [6.07, 6.45) is 2.91. The Morgan fingerprint density at radius 2 is 2.11 bits per heavy atom. The van der Waals surface area contributed by atoms with Gasteiger partial charge in [-0.25, -0.2) is 0 Å². The van der Waals surface area contributed by atoms with Crippen LogP contribution in [0.1, 0.15) is 12.2 Å². The van der Waals surface area contributed by atoms with Crippen molar-refractivity contribution in [2.24, 2.45) is 0 Å². The van der Waals surface area contributed by atoms with Gasteiger partial charge < -0.3 is 19.5 Å². The van der Waals surface area contributed by atoms with Crippen LogP contribution in [0.25, 0.3) is 0 Å². The molecule has 0 bridgehead atoms. The number of nitrogens with one attached hydrogen (secondary N) is 1. The molecule has 18 heavy (non-hydrogen) atoms. The van der Waals surface area contributed by atoms with Crippen LogP contribution in [0.3, 0.4) is 0 Å². The van der Waals surface area contributed by atoms with Gasteiger partial charge in [0.2, 0.25) is 0 Å². The summed E-state index contributed by atoms with van der Waals surface area (Å²) >= 11 is 3.46. The van der Waals surface area contributed by atoms with Gasteiger partial charge >= 0.3 is 0 Å². The molecule has 1 aromatic heterocycles. The van der Waals surface area contributed by atoms with E-state index < -0.39 is 0 Å². The summed E-state index contributed by atoms with van der Waals surface area (Å²) in [5.41, 5.74) is 0. The lowest BCUT2D eigenvalue weighted by atomic mass is 10.3. The molecule has 0 aromatic carbocycles. The highest BCUT2D eigenvalue weighted by Crippen LogP contribution is 2.16. The van der Waals surface area contributed by atoms with Gasteiger partial charge in [-0.05, 0) is 48.6 Å². The first-order valence-corrected chi connectivity index (χ1v) is 7.38. The van der Waals surface area contributed by atoms with Gasteiger partial charge in [0.15, 0.2) is 0 Å². The van der Waals surface area contributed by atoms with Crippen LogP contribution in [0.5, 0.6) is 0 Å². The number of furan rings is 1. The molecule has 0 unspecified atom stereocenters. The molecule has 5 heteroatoms. The number of rotatable bonds is 6. The van der Waals surface area contributed by atoms with E-state index in [-0.39, 0.29) is 0 Å². The van der Waals surface area contributed by atoms with Crippen molar-refractivity contribution in [2.75, 3.05) is 46.3 Å². The molecule has 102 valence electrons. The van der Waals surface area contributed by atoms with E-state index in [1.807, 2.05) is 6.07 Å². The van der Waals surface area contributed by atoms with Crippen LogP contribution in [0.4, 0.5) is 0 Å². The van der Waals surface area contributed by atoms with Gasteiger partial charge in [0.25, 0.3) is 0 Å². The summed E-state index contributed by atoms with van der Waals surface area (Å²) in [5, 5.41) is 3.42. The Hall–Kier alpha value is -0.360. The Morgan fingerprint density at radius 3 is 2.78 bits per heavy atom. The van der Waals surface area contributed by atoms with E-state index in [2.05, 4.69) is 38.1 Å². The Kier molecular flexibility index (Phi) is 5.69. The van der Waals surface area contributed by atoms with Crippen molar-refractivity contribution in [3.63, 3.8) is 0 Å². The third-order valence-corrected chi connectivity index (χ3v) is 4.11. The lowest BCUT2D eigenvalue weighted by molar-refractivity contribution is 0.152. The second kappa shape index (κ2) is 7.28. The molecule has 0 radical (unpaired) electrons. The summed E-state index contributed by atoms with van der Waals surface area (Å²) in [4.78, 5) is 4.94. The third kappa shape index (κ3) is 4.39. The molecule has 1 aliphatic heterocycles. The minimum Gasteiger partial charge on any atom is -0.467 e. The number of piperazine rings is 1. The molecule has 0 spiro atoms. The summed E-state index contributed by atoms with van der Waals surface area (Å²) in [5.74, 6) is 0.981. The summed E-state index contributed by atoms with van der Waals surface area (Å²) < 4.78 is 6.40. The van der Waals surface area contributed by atoms with Gasteiger partial charge in [0.1, 0.15) is 5.76 Å². The van der Waals surface area contributed by atoms with Gasteiger partial charge in [0.05, 0.1) is 17.3 Å². The average molecular weight is 316 g/mol. The standard InChI is InChI=1S/C13H22BrN3O/c1-16-6-8-17(9-7-16)5-2-4-15-11-13-12(14)3-10-18-13/h3,10,15H,2,4-9,11H2,1H3. The highest BCUT2D eigenvalue weighted by molar-refractivity contribution is 9.10. The molecule has 2 rings (SSSR count). The van der Waals surface area contributed by atoms with Crippen LogP contribution in [-0.4, -0.2) is 56.1 Å². The van der Waals surface area contributed by atoms with Crippen molar-refractivity contribution in [3.05, 3.63) is 22.6 Å². The SMILES string of the molecule is CN1CCN(CCCNCc2occc2Br)CC1. The molecule has 1 aromatic rings. The fraction of sp³-hybridized carbons (Fsp3) is 0.692. The molecule has 1 saturated heterocycles. The van der Waals surface area contributed by atoms with Crippen molar-refractivity contribution in [3.8, 4) is 0 Å². The first kappa shape index (κ1) is 14.1. The van der Waals surface area contributed by atoms with Gasteiger partial charge in [-0.2, -0.15) is 0 Å². The molecule has 2 heterocycles. The molecular formula is C13H22BrN3O.